The van der Waals surface area contributed by atoms with Crippen molar-refractivity contribution in [2.75, 3.05) is 56.8 Å². The molecule has 0 unspecified atom stereocenters. The van der Waals surface area contributed by atoms with Crippen molar-refractivity contribution in [1.82, 2.24) is 15.1 Å². The zero-order valence-electron chi connectivity index (χ0n) is 18.4. The number of carbonyl (C=O) groups is 1. The summed E-state index contributed by atoms with van der Waals surface area (Å²) in [6.45, 7) is 4.00. The van der Waals surface area contributed by atoms with Crippen LogP contribution in [0.5, 0.6) is 17.2 Å². The van der Waals surface area contributed by atoms with Crippen LogP contribution in [0, 0.1) is 0 Å². The Morgan fingerprint density at radius 3 is 2.67 bits per heavy atom. The minimum absolute atomic E-state index is 0.122. The van der Waals surface area contributed by atoms with Crippen molar-refractivity contribution in [1.29, 1.82) is 0 Å². The summed E-state index contributed by atoms with van der Waals surface area (Å²) in [5, 5.41) is 11.7. The summed E-state index contributed by atoms with van der Waals surface area (Å²) in [5.74, 6) is 2.45. The van der Waals surface area contributed by atoms with Crippen LogP contribution in [0.2, 0.25) is 0 Å². The lowest BCUT2D eigenvalue weighted by atomic mass is 10.1. The molecule has 1 amide bonds. The standard InChI is InChI=1S/C24H25N5O4/c1-28-9-11-29(12-10-28)23-8-6-20(26-27-23)17-3-2-4-18(13-17)25-24(30)15-31-19-5-7-21-22(14-19)33-16-32-21/h2-8,13-14H,9-12,15-16H2,1H3,(H,25,30). The number of anilines is 2. The van der Waals surface area contributed by atoms with Gasteiger partial charge in [-0.05, 0) is 43.4 Å². The van der Waals surface area contributed by atoms with Crippen LogP contribution in [0.3, 0.4) is 0 Å². The SMILES string of the molecule is CN1CCN(c2ccc(-c3cccc(NC(=O)COc4ccc5c(c4)OCO5)c3)nn2)CC1. The molecule has 2 aliphatic heterocycles. The van der Waals surface area contributed by atoms with Crippen LogP contribution in [0.15, 0.2) is 54.6 Å². The second-order valence-electron chi connectivity index (χ2n) is 8.00. The van der Waals surface area contributed by atoms with Gasteiger partial charge in [0, 0.05) is 43.5 Å². The highest BCUT2D eigenvalue weighted by Gasteiger charge is 2.16. The Bertz CT molecular complexity index is 1130. The predicted molar refractivity (Wildman–Crippen MR) is 124 cm³/mol. The topological polar surface area (TPSA) is 89.1 Å². The largest absolute Gasteiger partial charge is 0.484 e. The van der Waals surface area contributed by atoms with Crippen LogP contribution >= 0.6 is 0 Å². The fourth-order valence-electron chi connectivity index (χ4n) is 3.75. The Balaban J connectivity index is 1.19. The molecule has 0 aliphatic carbocycles. The molecule has 1 fully saturated rings. The van der Waals surface area contributed by atoms with Crippen LogP contribution in [0.4, 0.5) is 11.5 Å². The van der Waals surface area contributed by atoms with Gasteiger partial charge in [0.05, 0.1) is 5.69 Å². The van der Waals surface area contributed by atoms with E-state index >= 15 is 0 Å². The first-order valence-corrected chi connectivity index (χ1v) is 10.8. The molecule has 3 aromatic rings. The molecule has 0 bridgehead atoms. The Morgan fingerprint density at radius 2 is 1.85 bits per heavy atom. The van der Waals surface area contributed by atoms with Crippen molar-refractivity contribution < 1.29 is 19.0 Å². The van der Waals surface area contributed by atoms with Crippen LogP contribution in [0.1, 0.15) is 0 Å². The zero-order valence-corrected chi connectivity index (χ0v) is 18.4. The monoisotopic (exact) mass is 447 g/mol. The molecule has 1 saturated heterocycles. The summed E-state index contributed by atoms with van der Waals surface area (Å²) < 4.78 is 16.2. The van der Waals surface area contributed by atoms with Crippen molar-refractivity contribution in [2.45, 2.75) is 0 Å². The molecule has 3 heterocycles. The quantitative estimate of drug-likeness (QED) is 0.617. The van der Waals surface area contributed by atoms with Gasteiger partial charge in [-0.15, -0.1) is 10.2 Å². The molecule has 0 atom stereocenters. The third-order valence-electron chi connectivity index (χ3n) is 5.63. The number of nitrogens with zero attached hydrogens (tertiary/aromatic N) is 4. The van der Waals surface area contributed by atoms with E-state index in [0.717, 1.165) is 43.3 Å². The molecule has 0 radical (unpaired) electrons. The molecule has 5 rings (SSSR count). The Hall–Kier alpha value is -3.85. The van der Waals surface area contributed by atoms with Crippen LogP contribution in [-0.4, -0.2) is 67.6 Å². The van der Waals surface area contributed by atoms with E-state index in [9.17, 15) is 4.79 Å². The molecule has 9 heteroatoms. The maximum Gasteiger partial charge on any atom is 0.262 e. The molecule has 2 aromatic carbocycles. The maximum atomic E-state index is 12.4. The van der Waals surface area contributed by atoms with Gasteiger partial charge in [0.15, 0.2) is 23.9 Å². The minimum Gasteiger partial charge on any atom is -0.484 e. The lowest BCUT2D eigenvalue weighted by Crippen LogP contribution is -2.44. The fraction of sp³-hybridized carbons (Fsp3) is 0.292. The molecular formula is C24H25N5O4. The molecule has 0 saturated carbocycles. The number of carbonyl (C=O) groups excluding carboxylic acids is 1. The molecule has 9 nitrogen and oxygen atoms in total. The van der Waals surface area contributed by atoms with E-state index in [1.165, 1.54) is 0 Å². The van der Waals surface area contributed by atoms with E-state index in [0.29, 0.717) is 22.9 Å². The summed E-state index contributed by atoms with van der Waals surface area (Å²) in [5.41, 5.74) is 2.29. The minimum atomic E-state index is -0.263. The first-order valence-electron chi connectivity index (χ1n) is 10.8. The van der Waals surface area contributed by atoms with Gasteiger partial charge in [-0.1, -0.05) is 12.1 Å². The van der Waals surface area contributed by atoms with E-state index in [1.807, 2.05) is 36.4 Å². The first-order chi connectivity index (χ1) is 16.1. The number of ether oxygens (including phenoxy) is 3. The van der Waals surface area contributed by atoms with Crippen molar-refractivity contribution >= 4 is 17.4 Å². The van der Waals surface area contributed by atoms with Gasteiger partial charge in [-0.3, -0.25) is 4.79 Å². The van der Waals surface area contributed by atoms with Gasteiger partial charge in [0.2, 0.25) is 6.79 Å². The van der Waals surface area contributed by atoms with E-state index in [1.54, 1.807) is 18.2 Å². The highest BCUT2D eigenvalue weighted by atomic mass is 16.7. The summed E-state index contributed by atoms with van der Waals surface area (Å²) >= 11 is 0. The van der Waals surface area contributed by atoms with Crippen molar-refractivity contribution in [3.8, 4) is 28.5 Å². The number of hydrogen-bond donors (Lipinski definition) is 1. The Kier molecular flexibility index (Phi) is 5.95. The normalized spacial score (nSPS) is 15.4. The van der Waals surface area contributed by atoms with E-state index in [4.69, 9.17) is 14.2 Å². The molecular weight excluding hydrogens is 422 g/mol. The molecule has 1 N–H and O–H groups in total. The predicted octanol–water partition coefficient (Wildman–Crippen LogP) is 2.64. The zero-order chi connectivity index (χ0) is 22.6. The second-order valence-corrected chi connectivity index (χ2v) is 8.00. The summed E-state index contributed by atoms with van der Waals surface area (Å²) in [7, 11) is 2.13. The number of amides is 1. The summed E-state index contributed by atoms with van der Waals surface area (Å²) in [4.78, 5) is 16.9. The number of likely N-dealkylation sites (N-methyl/N-ethyl adjacent to an activating group) is 1. The Morgan fingerprint density at radius 1 is 1.00 bits per heavy atom. The highest BCUT2D eigenvalue weighted by molar-refractivity contribution is 5.92. The number of hydrogen-bond acceptors (Lipinski definition) is 8. The van der Waals surface area contributed by atoms with E-state index < -0.39 is 0 Å². The van der Waals surface area contributed by atoms with Crippen LogP contribution < -0.4 is 24.4 Å². The Labute approximate surface area is 191 Å². The molecule has 170 valence electrons. The lowest BCUT2D eigenvalue weighted by molar-refractivity contribution is -0.118. The average molecular weight is 447 g/mol. The average Bonchev–Trinajstić information content (AvgIpc) is 3.32. The van der Waals surface area contributed by atoms with Gasteiger partial charge >= 0.3 is 0 Å². The van der Waals surface area contributed by atoms with Gasteiger partial charge in [-0.2, -0.15) is 0 Å². The maximum absolute atomic E-state index is 12.4. The van der Waals surface area contributed by atoms with E-state index in [-0.39, 0.29) is 19.3 Å². The number of rotatable bonds is 6. The number of fused-ring (bicyclic) bond motifs is 1. The lowest BCUT2D eigenvalue weighted by Gasteiger charge is -2.32. The number of aromatic nitrogens is 2. The molecule has 2 aliphatic rings. The van der Waals surface area contributed by atoms with Gasteiger partial charge in [-0.25, -0.2) is 0 Å². The van der Waals surface area contributed by atoms with Crippen LogP contribution in [-0.2, 0) is 4.79 Å². The third-order valence-corrected chi connectivity index (χ3v) is 5.63. The van der Waals surface area contributed by atoms with Gasteiger partial charge < -0.3 is 29.3 Å². The second kappa shape index (κ2) is 9.33. The molecule has 1 aromatic heterocycles. The smallest absolute Gasteiger partial charge is 0.262 e. The van der Waals surface area contributed by atoms with Crippen molar-refractivity contribution in [3.63, 3.8) is 0 Å². The number of nitrogens with one attached hydrogen (secondary N) is 1. The summed E-state index contributed by atoms with van der Waals surface area (Å²) in [6.07, 6.45) is 0. The molecule has 0 spiro atoms. The van der Waals surface area contributed by atoms with E-state index in [2.05, 4.69) is 32.4 Å². The van der Waals surface area contributed by atoms with Crippen molar-refractivity contribution in [2.24, 2.45) is 0 Å². The fourth-order valence-corrected chi connectivity index (χ4v) is 3.75. The molecule has 33 heavy (non-hydrogen) atoms. The summed E-state index contributed by atoms with van der Waals surface area (Å²) in [6, 6.07) is 16.7. The van der Waals surface area contributed by atoms with Gasteiger partial charge in [0.1, 0.15) is 5.75 Å². The highest BCUT2D eigenvalue weighted by Crippen LogP contribution is 2.35. The van der Waals surface area contributed by atoms with Crippen molar-refractivity contribution in [3.05, 3.63) is 54.6 Å². The number of benzene rings is 2. The van der Waals surface area contributed by atoms with Gasteiger partial charge in [0.25, 0.3) is 5.91 Å². The number of piperazine rings is 1. The first kappa shape index (κ1) is 21.0. The van der Waals surface area contributed by atoms with Crippen LogP contribution in [0.25, 0.3) is 11.3 Å². The third kappa shape index (κ3) is 4.98.